The van der Waals surface area contributed by atoms with E-state index >= 15 is 0 Å². The molecule has 0 aliphatic carbocycles. The Morgan fingerprint density at radius 3 is 1.50 bits per heavy atom. The molecule has 0 aromatic heterocycles. The molecule has 1 aromatic carbocycles. The predicted octanol–water partition coefficient (Wildman–Crippen LogP) is -1.26. The Morgan fingerprint density at radius 1 is 0.812 bits per heavy atom. The monoisotopic (exact) mass is 228 g/mol. The zero-order chi connectivity index (χ0) is 12.0. The first-order chi connectivity index (χ1) is 7.72. The molecule has 0 saturated heterocycles. The van der Waals surface area contributed by atoms with Crippen LogP contribution in [0.4, 0.5) is 0 Å². The summed E-state index contributed by atoms with van der Waals surface area (Å²) < 4.78 is 10.2. The number of hydrogen-bond donors (Lipinski definition) is 2. The lowest BCUT2D eigenvalue weighted by Gasteiger charge is -2.12. The van der Waals surface area contributed by atoms with Gasteiger partial charge in [0.25, 0.3) is 10.9 Å². The molecule has 1 aromatic rings. The molecular weight excluding hydrogens is 212 g/mol. The van der Waals surface area contributed by atoms with Gasteiger partial charge < -0.3 is 20.9 Å². The molecule has 4 N–H and O–H groups in total. The molecule has 0 fully saturated rings. The van der Waals surface area contributed by atoms with Crippen LogP contribution < -0.4 is 31.8 Å². The second-order valence-electron chi connectivity index (χ2n) is 3.30. The van der Waals surface area contributed by atoms with E-state index in [0.717, 1.165) is 0 Å². The lowest BCUT2D eigenvalue weighted by atomic mass is 10.2. The molecule has 6 heteroatoms. The van der Waals surface area contributed by atoms with E-state index in [2.05, 4.69) is 0 Å². The molecule has 0 aliphatic rings. The summed E-state index contributed by atoms with van der Waals surface area (Å²) in [4.78, 5) is 22.3. The summed E-state index contributed by atoms with van der Waals surface area (Å²) in [5, 5.41) is 0. The van der Waals surface area contributed by atoms with E-state index in [1.54, 1.807) is 0 Å². The maximum atomic E-state index is 11.1. The van der Waals surface area contributed by atoms with Gasteiger partial charge in [0.05, 0.1) is 13.2 Å². The molecule has 6 nitrogen and oxygen atoms in total. The molecule has 0 heterocycles. The van der Waals surface area contributed by atoms with Gasteiger partial charge in [0, 0.05) is 0 Å². The number of nitrogens with two attached hydrogens (primary N) is 2. The van der Waals surface area contributed by atoms with Crippen LogP contribution in [0.15, 0.2) is 9.59 Å². The van der Waals surface area contributed by atoms with Crippen LogP contribution in [0.1, 0.15) is 12.8 Å². The maximum absolute atomic E-state index is 11.1. The third-order valence-electron chi connectivity index (χ3n) is 2.01. The smallest absolute Gasteiger partial charge is 0.275 e. The summed E-state index contributed by atoms with van der Waals surface area (Å²) in [6, 6.07) is 0. The highest BCUT2D eigenvalue weighted by Gasteiger charge is 2.23. The molecule has 0 radical (unpaired) electrons. The Hall–Kier alpha value is -1.40. The Morgan fingerprint density at radius 2 is 1.19 bits per heavy atom. The van der Waals surface area contributed by atoms with Crippen LogP contribution in [-0.4, -0.2) is 26.3 Å². The van der Waals surface area contributed by atoms with Crippen molar-refractivity contribution in [3.8, 4) is 11.5 Å². The summed E-state index contributed by atoms with van der Waals surface area (Å²) in [6.45, 7) is 1.57. The summed E-state index contributed by atoms with van der Waals surface area (Å²) in [5.41, 5.74) is 9.30. The van der Waals surface area contributed by atoms with Crippen LogP contribution in [0.3, 0.4) is 0 Å². The van der Waals surface area contributed by atoms with Crippen LogP contribution in [-0.2, 0) is 0 Å². The minimum Gasteiger partial charge on any atom is -0.486 e. The van der Waals surface area contributed by atoms with Crippen molar-refractivity contribution >= 4 is 0 Å². The molecule has 0 spiro atoms. The van der Waals surface area contributed by atoms with E-state index in [0.29, 0.717) is 39.1 Å². The van der Waals surface area contributed by atoms with Gasteiger partial charge in [0.2, 0.25) is 11.5 Å². The van der Waals surface area contributed by atoms with E-state index < -0.39 is 10.9 Å². The maximum Gasteiger partial charge on any atom is 0.275 e. The fraction of sp³-hybridized carbons (Fsp3) is 0.600. The Kier molecular flexibility index (Phi) is 4.94. The summed E-state index contributed by atoms with van der Waals surface area (Å²) in [7, 11) is 0. The van der Waals surface area contributed by atoms with E-state index in [1.807, 2.05) is 0 Å². The zero-order valence-corrected chi connectivity index (χ0v) is 9.03. The second kappa shape index (κ2) is 6.24. The first kappa shape index (κ1) is 12.7. The van der Waals surface area contributed by atoms with E-state index in [-0.39, 0.29) is 11.5 Å². The Labute approximate surface area is 92.8 Å². The van der Waals surface area contributed by atoms with Crippen molar-refractivity contribution in [3.63, 3.8) is 0 Å². The Bertz CT molecular complexity index is 358. The van der Waals surface area contributed by atoms with Crippen LogP contribution in [0, 0.1) is 0 Å². The van der Waals surface area contributed by atoms with Crippen molar-refractivity contribution in [1.82, 2.24) is 0 Å². The van der Waals surface area contributed by atoms with Gasteiger partial charge in [-0.3, -0.25) is 9.59 Å². The summed E-state index contributed by atoms with van der Waals surface area (Å²) >= 11 is 0. The lowest BCUT2D eigenvalue weighted by Crippen LogP contribution is -2.34. The molecule has 0 unspecified atom stereocenters. The molecule has 0 atom stereocenters. The van der Waals surface area contributed by atoms with Gasteiger partial charge in [-0.25, -0.2) is 0 Å². The van der Waals surface area contributed by atoms with Crippen molar-refractivity contribution in [1.29, 1.82) is 0 Å². The highest BCUT2D eigenvalue weighted by atomic mass is 16.5. The number of rotatable bonds is 8. The topological polar surface area (TPSA) is 105 Å². The first-order valence-electron chi connectivity index (χ1n) is 5.21. The van der Waals surface area contributed by atoms with Crippen LogP contribution in [0.2, 0.25) is 0 Å². The summed E-state index contributed by atoms with van der Waals surface area (Å²) in [6.07, 6.45) is 1.25. The van der Waals surface area contributed by atoms with E-state index in [9.17, 15) is 9.59 Å². The van der Waals surface area contributed by atoms with Gasteiger partial charge in [0.15, 0.2) is 0 Å². The minimum atomic E-state index is -0.625. The Balaban J connectivity index is 2.52. The third kappa shape index (κ3) is 2.80. The van der Waals surface area contributed by atoms with E-state index in [1.165, 1.54) is 0 Å². The fourth-order valence-electron chi connectivity index (χ4n) is 1.13. The third-order valence-corrected chi connectivity index (χ3v) is 2.01. The van der Waals surface area contributed by atoms with Crippen molar-refractivity contribution in [3.05, 3.63) is 20.4 Å². The van der Waals surface area contributed by atoms with Crippen molar-refractivity contribution in [2.24, 2.45) is 11.5 Å². The molecule has 16 heavy (non-hydrogen) atoms. The average Bonchev–Trinajstić information content (AvgIpc) is 2.31. The SMILES string of the molecule is NCCCOc1c(OCCCN)c(=O)c1=O. The van der Waals surface area contributed by atoms with Gasteiger partial charge >= 0.3 is 0 Å². The number of hydrogen-bond acceptors (Lipinski definition) is 6. The van der Waals surface area contributed by atoms with Gasteiger partial charge in [-0.05, 0) is 25.9 Å². The largest absolute Gasteiger partial charge is 0.486 e. The molecule has 0 aliphatic heterocycles. The van der Waals surface area contributed by atoms with Crippen LogP contribution in [0.25, 0.3) is 0 Å². The van der Waals surface area contributed by atoms with Crippen LogP contribution in [0.5, 0.6) is 11.5 Å². The normalized spacial score (nSPS) is 10.6. The first-order valence-corrected chi connectivity index (χ1v) is 5.21. The summed E-state index contributed by atoms with van der Waals surface area (Å²) in [5.74, 6) is 0.0472. The highest BCUT2D eigenvalue weighted by Crippen LogP contribution is 2.20. The van der Waals surface area contributed by atoms with Gasteiger partial charge in [-0.15, -0.1) is 0 Å². The van der Waals surface area contributed by atoms with E-state index in [4.69, 9.17) is 20.9 Å². The van der Waals surface area contributed by atoms with Crippen molar-refractivity contribution in [2.75, 3.05) is 26.3 Å². The standard InChI is InChI=1S/C10H16N2O4/c11-3-1-5-15-9-7(13)8(14)10(9)16-6-2-4-12/h1-6,11-12H2. The van der Waals surface area contributed by atoms with Gasteiger partial charge in [-0.1, -0.05) is 0 Å². The molecule has 90 valence electrons. The minimum absolute atomic E-state index is 0.0236. The molecule has 1 rings (SSSR count). The average molecular weight is 228 g/mol. The lowest BCUT2D eigenvalue weighted by molar-refractivity contribution is 0.253. The highest BCUT2D eigenvalue weighted by molar-refractivity contribution is 5.45. The predicted molar refractivity (Wildman–Crippen MR) is 59.7 cm³/mol. The van der Waals surface area contributed by atoms with Crippen molar-refractivity contribution < 1.29 is 9.47 Å². The number of ether oxygens (including phenoxy) is 2. The molecule has 0 bridgehead atoms. The van der Waals surface area contributed by atoms with Gasteiger partial charge in [-0.2, -0.15) is 0 Å². The van der Waals surface area contributed by atoms with Crippen LogP contribution >= 0.6 is 0 Å². The molecule has 0 amide bonds. The van der Waals surface area contributed by atoms with Crippen molar-refractivity contribution in [2.45, 2.75) is 12.8 Å². The second-order valence-corrected chi connectivity index (χ2v) is 3.30. The molecule has 0 saturated carbocycles. The molecular formula is C10H16N2O4. The zero-order valence-electron chi connectivity index (χ0n) is 9.03. The quantitative estimate of drug-likeness (QED) is 0.425. The fourth-order valence-corrected chi connectivity index (χ4v) is 1.13. The van der Waals surface area contributed by atoms with Gasteiger partial charge in [0.1, 0.15) is 0 Å².